The van der Waals surface area contributed by atoms with Gasteiger partial charge in [-0.25, -0.2) is 0 Å². The predicted octanol–water partition coefficient (Wildman–Crippen LogP) is 2.34. The largest absolute Gasteiger partial charge is 0.393 e. The number of oxime groups is 1. The van der Waals surface area contributed by atoms with Gasteiger partial charge >= 0.3 is 0 Å². The van der Waals surface area contributed by atoms with Crippen molar-refractivity contribution in [3.05, 3.63) is 0 Å². The highest BCUT2D eigenvalue weighted by Crippen LogP contribution is 2.50. The van der Waals surface area contributed by atoms with Crippen LogP contribution in [0, 0.1) is 11.8 Å². The van der Waals surface area contributed by atoms with E-state index < -0.39 is 0 Å². The molecule has 0 unspecified atom stereocenters. The van der Waals surface area contributed by atoms with Crippen LogP contribution < -0.4 is 0 Å². The monoisotopic (exact) mass is 165 g/mol. The third-order valence-corrected chi connectivity index (χ3v) is 3.49. The quantitative estimate of drug-likeness (QED) is 0.575. The summed E-state index contributed by atoms with van der Waals surface area (Å²) in [6.07, 6.45) is 8.24. The molecule has 0 spiro atoms. The highest BCUT2D eigenvalue weighted by Gasteiger charge is 2.46. The van der Waals surface area contributed by atoms with Gasteiger partial charge in [-0.2, -0.15) is 0 Å². The van der Waals surface area contributed by atoms with E-state index in [2.05, 4.69) is 5.16 Å². The summed E-state index contributed by atoms with van der Waals surface area (Å²) in [5.41, 5.74) is 1.37. The van der Waals surface area contributed by atoms with Crippen molar-refractivity contribution < 1.29 is 4.84 Å². The summed E-state index contributed by atoms with van der Waals surface area (Å²) < 4.78 is 0. The standard InChI is InChI=1S/C10H15NO/c1-2-8(3-1)12-11-10-5-4-7-6-9(7)10/h7-9H,1-6H2/b11-10+/t7-,9+/m0/s1. The Kier molecular flexibility index (Phi) is 1.43. The molecule has 3 saturated carbocycles. The molecule has 2 atom stereocenters. The summed E-state index contributed by atoms with van der Waals surface area (Å²) in [6.45, 7) is 0. The summed E-state index contributed by atoms with van der Waals surface area (Å²) in [5.74, 6) is 1.83. The van der Waals surface area contributed by atoms with Crippen LogP contribution in [0.4, 0.5) is 0 Å². The van der Waals surface area contributed by atoms with Gasteiger partial charge in [0, 0.05) is 5.92 Å². The Bertz CT molecular complexity index is 220. The molecule has 0 amide bonds. The van der Waals surface area contributed by atoms with Gasteiger partial charge in [-0.1, -0.05) is 5.16 Å². The zero-order valence-corrected chi connectivity index (χ0v) is 7.33. The molecule has 0 aromatic rings. The van der Waals surface area contributed by atoms with E-state index in [0.717, 1.165) is 11.8 Å². The topological polar surface area (TPSA) is 21.6 Å². The van der Waals surface area contributed by atoms with Crippen molar-refractivity contribution in [1.29, 1.82) is 0 Å². The van der Waals surface area contributed by atoms with E-state index in [4.69, 9.17) is 4.84 Å². The van der Waals surface area contributed by atoms with E-state index in [1.54, 1.807) is 0 Å². The molecule has 66 valence electrons. The van der Waals surface area contributed by atoms with Crippen LogP contribution in [0.3, 0.4) is 0 Å². The normalized spacial score (nSPS) is 42.5. The van der Waals surface area contributed by atoms with Gasteiger partial charge in [-0.3, -0.25) is 0 Å². The fourth-order valence-corrected chi connectivity index (χ4v) is 2.23. The Morgan fingerprint density at radius 2 is 2.17 bits per heavy atom. The van der Waals surface area contributed by atoms with E-state index in [1.807, 2.05) is 0 Å². The van der Waals surface area contributed by atoms with Crippen molar-refractivity contribution in [1.82, 2.24) is 0 Å². The van der Waals surface area contributed by atoms with Gasteiger partial charge in [0.15, 0.2) is 0 Å². The van der Waals surface area contributed by atoms with Crippen molar-refractivity contribution in [3.8, 4) is 0 Å². The van der Waals surface area contributed by atoms with Crippen LogP contribution in [0.25, 0.3) is 0 Å². The first-order valence-corrected chi connectivity index (χ1v) is 5.16. The van der Waals surface area contributed by atoms with Crippen molar-refractivity contribution in [3.63, 3.8) is 0 Å². The lowest BCUT2D eigenvalue weighted by Gasteiger charge is -2.22. The minimum absolute atomic E-state index is 0.468. The number of rotatable bonds is 2. The predicted molar refractivity (Wildman–Crippen MR) is 47.0 cm³/mol. The molecule has 0 aromatic carbocycles. The lowest BCUT2D eigenvalue weighted by Crippen LogP contribution is -2.19. The number of hydrogen-bond acceptors (Lipinski definition) is 2. The molecule has 12 heavy (non-hydrogen) atoms. The van der Waals surface area contributed by atoms with E-state index in [0.29, 0.717) is 6.10 Å². The molecule has 3 aliphatic carbocycles. The Morgan fingerprint density at radius 3 is 2.67 bits per heavy atom. The fraction of sp³-hybridized carbons (Fsp3) is 0.900. The van der Waals surface area contributed by atoms with Crippen molar-refractivity contribution >= 4 is 5.71 Å². The second-order valence-corrected chi connectivity index (χ2v) is 4.38. The van der Waals surface area contributed by atoms with Crippen LogP contribution in [-0.4, -0.2) is 11.8 Å². The first-order chi connectivity index (χ1) is 5.93. The molecule has 2 nitrogen and oxygen atoms in total. The SMILES string of the molecule is C1CC(O/N=C2\CC[C@H]3C[C@@H]23)C1. The summed E-state index contributed by atoms with van der Waals surface area (Å²) >= 11 is 0. The molecule has 0 saturated heterocycles. The zero-order chi connectivity index (χ0) is 7.97. The molecule has 0 aliphatic heterocycles. The number of hydrogen-bond donors (Lipinski definition) is 0. The molecule has 0 N–H and O–H groups in total. The number of nitrogens with zero attached hydrogens (tertiary/aromatic N) is 1. The fourth-order valence-electron chi connectivity index (χ4n) is 2.23. The average Bonchev–Trinajstić information content (AvgIpc) is 2.66. The van der Waals surface area contributed by atoms with Gasteiger partial charge in [0.25, 0.3) is 0 Å². The van der Waals surface area contributed by atoms with Crippen LogP contribution in [-0.2, 0) is 4.84 Å². The van der Waals surface area contributed by atoms with E-state index >= 15 is 0 Å². The van der Waals surface area contributed by atoms with Crippen LogP contribution in [0.1, 0.15) is 38.5 Å². The third-order valence-electron chi connectivity index (χ3n) is 3.49. The average molecular weight is 165 g/mol. The van der Waals surface area contributed by atoms with E-state index in [-0.39, 0.29) is 0 Å². The summed E-state index contributed by atoms with van der Waals surface area (Å²) in [4.78, 5) is 5.45. The maximum atomic E-state index is 5.45. The molecule has 2 heteroatoms. The molecule has 0 aromatic heterocycles. The lowest BCUT2D eigenvalue weighted by atomic mass is 9.97. The first-order valence-electron chi connectivity index (χ1n) is 5.16. The van der Waals surface area contributed by atoms with Gasteiger partial charge in [0.2, 0.25) is 0 Å². The van der Waals surface area contributed by atoms with Crippen LogP contribution in [0.2, 0.25) is 0 Å². The second kappa shape index (κ2) is 2.48. The Labute approximate surface area is 73.0 Å². The van der Waals surface area contributed by atoms with Crippen LogP contribution >= 0.6 is 0 Å². The van der Waals surface area contributed by atoms with Gasteiger partial charge in [-0.15, -0.1) is 0 Å². The van der Waals surface area contributed by atoms with Crippen molar-refractivity contribution in [2.24, 2.45) is 17.0 Å². The van der Waals surface area contributed by atoms with Crippen molar-refractivity contribution in [2.45, 2.75) is 44.6 Å². The lowest BCUT2D eigenvalue weighted by molar-refractivity contribution is 0.00536. The molecular formula is C10H15NO. The van der Waals surface area contributed by atoms with E-state index in [1.165, 1.54) is 44.2 Å². The van der Waals surface area contributed by atoms with Crippen LogP contribution in [0.5, 0.6) is 0 Å². The van der Waals surface area contributed by atoms with Gasteiger partial charge in [0.1, 0.15) is 6.10 Å². The Hall–Kier alpha value is -0.530. The molecular weight excluding hydrogens is 150 g/mol. The van der Waals surface area contributed by atoms with Gasteiger partial charge in [0.05, 0.1) is 5.71 Å². The van der Waals surface area contributed by atoms with E-state index in [9.17, 15) is 0 Å². The number of fused-ring (bicyclic) bond motifs is 1. The van der Waals surface area contributed by atoms with Gasteiger partial charge in [-0.05, 0) is 44.4 Å². The molecule has 0 bridgehead atoms. The Morgan fingerprint density at radius 1 is 1.25 bits per heavy atom. The third kappa shape index (κ3) is 1.05. The highest BCUT2D eigenvalue weighted by atomic mass is 16.6. The summed E-state index contributed by atoms with van der Waals surface area (Å²) in [7, 11) is 0. The first kappa shape index (κ1) is 6.93. The van der Waals surface area contributed by atoms with Crippen molar-refractivity contribution in [2.75, 3.05) is 0 Å². The molecule has 0 heterocycles. The molecule has 3 fully saturated rings. The highest BCUT2D eigenvalue weighted by molar-refractivity contribution is 5.91. The second-order valence-electron chi connectivity index (χ2n) is 4.38. The zero-order valence-electron chi connectivity index (χ0n) is 7.33. The summed E-state index contributed by atoms with van der Waals surface area (Å²) in [5, 5.41) is 4.28. The minimum atomic E-state index is 0.468. The smallest absolute Gasteiger partial charge is 0.127 e. The molecule has 3 rings (SSSR count). The molecule has 3 aliphatic rings. The maximum Gasteiger partial charge on any atom is 0.127 e. The van der Waals surface area contributed by atoms with Gasteiger partial charge < -0.3 is 4.84 Å². The summed E-state index contributed by atoms with van der Waals surface area (Å²) in [6, 6.07) is 0. The van der Waals surface area contributed by atoms with Crippen LogP contribution in [0.15, 0.2) is 5.16 Å². The Balaban J connectivity index is 1.56. The maximum absolute atomic E-state index is 5.45. The molecule has 0 radical (unpaired) electrons. The minimum Gasteiger partial charge on any atom is -0.393 e.